The van der Waals surface area contributed by atoms with Gasteiger partial charge in [0.15, 0.2) is 5.43 Å². The lowest BCUT2D eigenvalue weighted by molar-refractivity contribution is 0.0696. The van der Waals surface area contributed by atoms with Gasteiger partial charge in [-0.3, -0.25) is 4.79 Å². The van der Waals surface area contributed by atoms with Crippen molar-refractivity contribution in [1.29, 1.82) is 0 Å². The molecule has 156 valence electrons. The minimum Gasteiger partial charge on any atom is -0.478 e. The van der Waals surface area contributed by atoms with Gasteiger partial charge in [0, 0.05) is 41.4 Å². The van der Waals surface area contributed by atoms with E-state index in [4.69, 9.17) is 4.42 Å². The second-order valence-electron chi connectivity index (χ2n) is 7.37. The number of aromatic carboxylic acids is 2. The van der Waals surface area contributed by atoms with Gasteiger partial charge in [0.25, 0.3) is 0 Å². The first-order valence-corrected chi connectivity index (χ1v) is 9.52. The van der Waals surface area contributed by atoms with Crippen molar-refractivity contribution in [2.24, 2.45) is 0 Å². The highest BCUT2D eigenvalue weighted by Crippen LogP contribution is 2.43. The van der Waals surface area contributed by atoms with Crippen molar-refractivity contribution in [2.75, 3.05) is 12.4 Å². The molecule has 7 heteroatoms. The Hall–Kier alpha value is -4.13. The first kappa shape index (κ1) is 20.2. The van der Waals surface area contributed by atoms with Crippen LogP contribution in [0.1, 0.15) is 31.8 Å². The minimum absolute atomic E-state index is 0.123. The van der Waals surface area contributed by atoms with E-state index in [1.807, 2.05) is 13.0 Å². The minimum atomic E-state index is -1.25. The molecular formula is C24H19NO6. The summed E-state index contributed by atoms with van der Waals surface area (Å²) in [5, 5.41) is 22.9. The molecule has 31 heavy (non-hydrogen) atoms. The van der Waals surface area contributed by atoms with Crippen LogP contribution in [0, 0.1) is 13.8 Å². The van der Waals surface area contributed by atoms with Crippen LogP contribution in [0.4, 0.5) is 5.69 Å². The van der Waals surface area contributed by atoms with Gasteiger partial charge < -0.3 is 19.9 Å². The van der Waals surface area contributed by atoms with E-state index in [1.54, 1.807) is 26.1 Å². The van der Waals surface area contributed by atoms with Crippen molar-refractivity contribution in [3.8, 4) is 22.5 Å². The monoisotopic (exact) mass is 417 g/mol. The molecule has 1 aliphatic carbocycles. The number of aryl methyl sites for hydroxylation is 2. The Kier molecular flexibility index (Phi) is 4.74. The summed E-state index contributed by atoms with van der Waals surface area (Å²) in [6.45, 7) is 3.59. The smallest absolute Gasteiger partial charge is 0.336 e. The molecule has 0 bridgehead atoms. The number of carboxylic acids is 2. The second kappa shape index (κ2) is 7.28. The first-order valence-electron chi connectivity index (χ1n) is 9.52. The van der Waals surface area contributed by atoms with E-state index in [-0.39, 0.29) is 16.6 Å². The Bertz CT molecular complexity index is 1420. The summed E-state index contributed by atoms with van der Waals surface area (Å²) in [5.41, 5.74) is 3.74. The highest BCUT2D eigenvalue weighted by Gasteiger charge is 2.24. The summed E-state index contributed by atoms with van der Waals surface area (Å²) in [7, 11) is 1.78. The number of hydrogen-bond acceptors (Lipinski definition) is 5. The lowest BCUT2D eigenvalue weighted by Gasteiger charge is -2.19. The van der Waals surface area contributed by atoms with Crippen LogP contribution in [0.25, 0.3) is 33.4 Å². The topological polar surface area (TPSA) is 117 Å². The van der Waals surface area contributed by atoms with Crippen molar-refractivity contribution in [3.63, 3.8) is 0 Å². The van der Waals surface area contributed by atoms with Crippen LogP contribution in [-0.2, 0) is 0 Å². The average molecular weight is 417 g/mol. The SMILES string of the molecule is CNc1cc2oc3cc(=O)c(C)cc-3c(-c3ccc(C(=O)O)cc3C(=O)O)c2cc1C. The van der Waals surface area contributed by atoms with E-state index in [0.717, 1.165) is 17.3 Å². The van der Waals surface area contributed by atoms with Gasteiger partial charge in [0.2, 0.25) is 0 Å². The third kappa shape index (κ3) is 3.30. The normalized spacial score (nSPS) is 11.1. The number of hydrogen-bond donors (Lipinski definition) is 3. The molecule has 2 aliphatic rings. The van der Waals surface area contributed by atoms with Crippen LogP contribution in [0.3, 0.4) is 0 Å². The van der Waals surface area contributed by atoms with Crippen LogP contribution < -0.4 is 10.7 Å². The summed E-state index contributed by atoms with van der Waals surface area (Å²) in [6, 6.07) is 10.7. The van der Waals surface area contributed by atoms with Gasteiger partial charge in [0.05, 0.1) is 11.1 Å². The number of benzene rings is 3. The molecule has 0 fully saturated rings. The average Bonchev–Trinajstić information content (AvgIpc) is 2.72. The molecule has 0 atom stereocenters. The van der Waals surface area contributed by atoms with Crippen molar-refractivity contribution in [1.82, 2.24) is 0 Å². The van der Waals surface area contributed by atoms with Crippen LogP contribution in [-0.4, -0.2) is 29.2 Å². The maximum Gasteiger partial charge on any atom is 0.336 e. The van der Waals surface area contributed by atoms with Crippen LogP contribution in [0.5, 0.6) is 0 Å². The molecule has 0 unspecified atom stereocenters. The van der Waals surface area contributed by atoms with E-state index in [0.29, 0.717) is 39.0 Å². The summed E-state index contributed by atoms with van der Waals surface area (Å²) in [6.07, 6.45) is 0. The molecule has 2 aromatic carbocycles. The van der Waals surface area contributed by atoms with E-state index < -0.39 is 11.9 Å². The standard InChI is InChI=1S/C24H19NO6/c1-11-6-16-20(9-18(11)25-3)31-21-10-19(26)12(2)7-17(21)22(16)14-5-4-13(23(27)28)8-15(14)24(29)30/h4-10,25H,1-3H3,(H,27,28)(H,29,30). The Morgan fingerprint density at radius 2 is 1.65 bits per heavy atom. The molecule has 4 rings (SSSR count). The molecule has 2 aromatic rings. The molecule has 1 aliphatic heterocycles. The van der Waals surface area contributed by atoms with Gasteiger partial charge in [-0.2, -0.15) is 0 Å². The molecular weight excluding hydrogens is 398 g/mol. The van der Waals surface area contributed by atoms with Gasteiger partial charge in [0.1, 0.15) is 11.3 Å². The number of fused-ring (bicyclic) bond motifs is 2. The summed E-state index contributed by atoms with van der Waals surface area (Å²) < 4.78 is 6.02. The molecule has 0 radical (unpaired) electrons. The maximum atomic E-state index is 12.3. The summed E-state index contributed by atoms with van der Waals surface area (Å²) in [4.78, 5) is 35.7. The van der Waals surface area contributed by atoms with Crippen LogP contribution >= 0.6 is 0 Å². The Balaban J connectivity index is 2.22. The number of carboxylic acid groups (broad SMARTS) is 2. The van der Waals surface area contributed by atoms with Crippen molar-refractivity contribution < 1.29 is 24.2 Å². The van der Waals surface area contributed by atoms with Crippen LogP contribution in [0.15, 0.2) is 51.7 Å². The predicted molar refractivity (Wildman–Crippen MR) is 117 cm³/mol. The molecule has 0 spiro atoms. The quantitative estimate of drug-likeness (QED) is 0.415. The number of nitrogens with one attached hydrogen (secondary N) is 1. The van der Waals surface area contributed by atoms with Crippen molar-refractivity contribution in [2.45, 2.75) is 13.8 Å². The number of carbonyl (C=O) groups is 2. The van der Waals surface area contributed by atoms with Gasteiger partial charge >= 0.3 is 11.9 Å². The van der Waals surface area contributed by atoms with Gasteiger partial charge in [-0.1, -0.05) is 6.07 Å². The predicted octanol–water partition coefficient (Wildman–Crippen LogP) is 4.62. The Labute approximate surface area is 176 Å². The van der Waals surface area contributed by atoms with Gasteiger partial charge in [-0.25, -0.2) is 9.59 Å². The molecule has 3 N–H and O–H groups in total. The van der Waals surface area contributed by atoms with E-state index in [1.165, 1.54) is 18.2 Å². The fourth-order valence-electron chi connectivity index (χ4n) is 3.81. The Morgan fingerprint density at radius 3 is 2.29 bits per heavy atom. The zero-order valence-electron chi connectivity index (χ0n) is 17.1. The maximum absolute atomic E-state index is 12.3. The second-order valence-corrected chi connectivity index (χ2v) is 7.37. The van der Waals surface area contributed by atoms with E-state index in [2.05, 4.69) is 5.32 Å². The van der Waals surface area contributed by atoms with E-state index in [9.17, 15) is 24.6 Å². The van der Waals surface area contributed by atoms with Crippen molar-refractivity contribution >= 4 is 28.6 Å². The van der Waals surface area contributed by atoms with Crippen LogP contribution in [0.2, 0.25) is 0 Å². The van der Waals surface area contributed by atoms with Gasteiger partial charge in [-0.05, 0) is 54.8 Å². The van der Waals surface area contributed by atoms with Gasteiger partial charge in [-0.15, -0.1) is 0 Å². The molecule has 7 nitrogen and oxygen atoms in total. The summed E-state index contributed by atoms with van der Waals surface area (Å²) >= 11 is 0. The fraction of sp³-hybridized carbons (Fsp3) is 0.125. The Morgan fingerprint density at radius 1 is 0.903 bits per heavy atom. The molecule has 1 heterocycles. The molecule has 0 saturated carbocycles. The molecule has 0 aromatic heterocycles. The summed E-state index contributed by atoms with van der Waals surface area (Å²) in [5.74, 6) is -2.14. The number of anilines is 1. The fourth-order valence-corrected chi connectivity index (χ4v) is 3.81. The highest BCUT2D eigenvalue weighted by atomic mass is 16.4. The third-order valence-corrected chi connectivity index (χ3v) is 5.40. The third-order valence-electron chi connectivity index (χ3n) is 5.40. The largest absolute Gasteiger partial charge is 0.478 e. The lowest BCUT2D eigenvalue weighted by atomic mass is 9.88. The number of rotatable bonds is 4. The zero-order valence-corrected chi connectivity index (χ0v) is 17.1. The molecule has 0 amide bonds. The lowest BCUT2D eigenvalue weighted by Crippen LogP contribution is -2.08. The zero-order chi connectivity index (χ0) is 22.4. The molecule has 0 saturated heterocycles. The highest BCUT2D eigenvalue weighted by molar-refractivity contribution is 6.09. The van der Waals surface area contributed by atoms with E-state index >= 15 is 0 Å². The first-order chi connectivity index (χ1) is 14.7. The van der Waals surface area contributed by atoms with Crippen molar-refractivity contribution in [3.05, 3.63) is 74.9 Å².